The van der Waals surface area contributed by atoms with Crippen LogP contribution >= 0.6 is 0 Å². The smallest absolute Gasteiger partial charge is 0.315 e. The first-order valence-electron chi connectivity index (χ1n) is 7.39. The Morgan fingerprint density at radius 2 is 1.78 bits per heavy atom. The Balaban J connectivity index is 2.13. The number of aliphatic carboxylic acids is 1. The zero-order valence-corrected chi connectivity index (χ0v) is 13.1. The molecule has 0 aliphatic carbocycles. The molecule has 0 atom stereocenters. The molecule has 1 aromatic rings. The summed E-state index contributed by atoms with van der Waals surface area (Å²) in [5.41, 5.74) is 1.07. The summed E-state index contributed by atoms with van der Waals surface area (Å²) in [7, 11) is 1.60. The highest BCUT2D eigenvalue weighted by molar-refractivity contribution is 5.85. The maximum Gasteiger partial charge on any atom is 0.315 e. The molecule has 126 valence electrons. The minimum atomic E-state index is -0.929. The molecule has 2 amide bonds. The van der Waals surface area contributed by atoms with Gasteiger partial charge in [-0.25, -0.2) is 4.79 Å². The van der Waals surface area contributed by atoms with Gasteiger partial charge >= 0.3 is 12.0 Å². The summed E-state index contributed by atoms with van der Waals surface area (Å²) in [6, 6.07) is 7.13. The van der Waals surface area contributed by atoms with Crippen LogP contribution in [0.15, 0.2) is 24.3 Å². The summed E-state index contributed by atoms with van der Waals surface area (Å²) in [6.07, 6.45) is 1.07. The number of carbonyl (C=O) groups is 3. The zero-order valence-electron chi connectivity index (χ0n) is 13.1. The summed E-state index contributed by atoms with van der Waals surface area (Å²) in [5, 5.41) is 13.6. The lowest BCUT2D eigenvalue weighted by molar-refractivity contribution is -0.137. The van der Waals surface area contributed by atoms with Crippen LogP contribution in [-0.2, 0) is 16.0 Å². The quantitative estimate of drug-likeness (QED) is 0.603. The third-order valence-corrected chi connectivity index (χ3v) is 3.15. The second kappa shape index (κ2) is 10.2. The third-order valence-electron chi connectivity index (χ3n) is 3.15. The largest absolute Gasteiger partial charge is 0.497 e. The van der Waals surface area contributed by atoms with Crippen LogP contribution < -0.4 is 15.4 Å². The van der Waals surface area contributed by atoms with Crippen LogP contribution in [0.4, 0.5) is 4.79 Å². The lowest BCUT2D eigenvalue weighted by Crippen LogP contribution is -2.39. The molecule has 7 nitrogen and oxygen atoms in total. The predicted molar refractivity (Wildman–Crippen MR) is 84.6 cm³/mol. The number of ketones is 1. The second-order valence-electron chi connectivity index (χ2n) is 4.99. The number of rotatable bonds is 10. The fourth-order valence-corrected chi connectivity index (χ4v) is 1.88. The van der Waals surface area contributed by atoms with E-state index in [-0.39, 0.29) is 31.6 Å². The first-order chi connectivity index (χ1) is 11.0. The van der Waals surface area contributed by atoms with E-state index in [1.165, 1.54) is 0 Å². The van der Waals surface area contributed by atoms with E-state index in [2.05, 4.69) is 10.6 Å². The molecule has 0 unspecified atom stereocenters. The van der Waals surface area contributed by atoms with Crippen LogP contribution in [0.5, 0.6) is 5.75 Å². The van der Waals surface area contributed by atoms with Gasteiger partial charge in [-0.05, 0) is 30.5 Å². The standard InChI is InChI=1S/C16H22N2O5/c1-23-14-7-5-12(6-8-14)9-10-17-16(22)18-11-13(19)3-2-4-15(20)21/h5-8H,2-4,9-11H2,1H3,(H,20,21)(H2,17,18,22). The van der Waals surface area contributed by atoms with Crippen LogP contribution in [0.3, 0.4) is 0 Å². The fourth-order valence-electron chi connectivity index (χ4n) is 1.88. The normalized spacial score (nSPS) is 9.96. The Bertz CT molecular complexity index is 528. The summed E-state index contributed by atoms with van der Waals surface area (Å²) >= 11 is 0. The zero-order chi connectivity index (χ0) is 17.1. The highest BCUT2D eigenvalue weighted by Gasteiger charge is 2.06. The number of carboxylic acid groups (broad SMARTS) is 1. The van der Waals surface area contributed by atoms with Crippen LogP contribution in [0.2, 0.25) is 0 Å². The van der Waals surface area contributed by atoms with Crippen molar-refractivity contribution in [2.45, 2.75) is 25.7 Å². The highest BCUT2D eigenvalue weighted by atomic mass is 16.5. The van der Waals surface area contributed by atoms with E-state index in [1.807, 2.05) is 24.3 Å². The van der Waals surface area contributed by atoms with Crippen molar-refractivity contribution in [3.63, 3.8) is 0 Å². The fraction of sp³-hybridized carbons (Fsp3) is 0.438. The molecular weight excluding hydrogens is 300 g/mol. The van der Waals surface area contributed by atoms with Crippen LogP contribution in [0.25, 0.3) is 0 Å². The van der Waals surface area contributed by atoms with E-state index in [4.69, 9.17) is 9.84 Å². The maximum atomic E-state index is 11.5. The lowest BCUT2D eigenvalue weighted by Gasteiger charge is -2.07. The van der Waals surface area contributed by atoms with E-state index < -0.39 is 12.0 Å². The van der Waals surface area contributed by atoms with Crippen LogP contribution in [0, 0.1) is 0 Å². The van der Waals surface area contributed by atoms with Crippen LogP contribution in [0.1, 0.15) is 24.8 Å². The maximum absolute atomic E-state index is 11.5. The molecule has 0 aromatic heterocycles. The average Bonchev–Trinajstić information content (AvgIpc) is 2.53. The Morgan fingerprint density at radius 3 is 2.39 bits per heavy atom. The molecule has 0 fully saturated rings. The van der Waals surface area contributed by atoms with Crippen molar-refractivity contribution in [3.8, 4) is 5.75 Å². The van der Waals surface area contributed by atoms with E-state index in [9.17, 15) is 14.4 Å². The Kier molecular flexibility index (Phi) is 8.20. The summed E-state index contributed by atoms with van der Waals surface area (Å²) in [4.78, 5) is 33.3. The molecule has 0 heterocycles. The second-order valence-corrected chi connectivity index (χ2v) is 4.99. The number of nitrogens with one attached hydrogen (secondary N) is 2. The number of carbonyl (C=O) groups excluding carboxylic acids is 2. The van der Waals surface area contributed by atoms with Crippen molar-refractivity contribution in [3.05, 3.63) is 29.8 Å². The van der Waals surface area contributed by atoms with Crippen molar-refractivity contribution >= 4 is 17.8 Å². The Morgan fingerprint density at radius 1 is 1.09 bits per heavy atom. The number of benzene rings is 1. The van der Waals surface area contributed by atoms with Gasteiger partial charge in [0, 0.05) is 19.4 Å². The molecule has 0 aliphatic heterocycles. The molecule has 0 aliphatic rings. The van der Waals surface area contributed by atoms with Crippen molar-refractivity contribution in [2.24, 2.45) is 0 Å². The molecule has 7 heteroatoms. The molecular formula is C16H22N2O5. The van der Waals surface area contributed by atoms with E-state index >= 15 is 0 Å². The molecule has 0 radical (unpaired) electrons. The van der Waals surface area contributed by atoms with Crippen molar-refractivity contribution in [1.29, 1.82) is 0 Å². The van der Waals surface area contributed by atoms with Gasteiger partial charge in [-0.15, -0.1) is 0 Å². The van der Waals surface area contributed by atoms with Crippen molar-refractivity contribution in [1.82, 2.24) is 10.6 Å². The van der Waals surface area contributed by atoms with Crippen LogP contribution in [-0.4, -0.2) is 43.1 Å². The van der Waals surface area contributed by atoms with Gasteiger partial charge in [0.15, 0.2) is 5.78 Å². The molecule has 3 N–H and O–H groups in total. The summed E-state index contributed by atoms with van der Waals surface area (Å²) in [5.74, 6) is -0.334. The number of amides is 2. The van der Waals surface area contributed by atoms with Gasteiger partial charge in [-0.1, -0.05) is 12.1 Å². The average molecular weight is 322 g/mol. The van der Waals surface area contributed by atoms with E-state index in [0.29, 0.717) is 13.0 Å². The lowest BCUT2D eigenvalue weighted by atomic mass is 10.1. The minimum Gasteiger partial charge on any atom is -0.497 e. The van der Waals surface area contributed by atoms with Gasteiger partial charge in [0.25, 0.3) is 0 Å². The first kappa shape index (κ1) is 18.5. The number of Topliss-reactive ketones (excluding diaryl/α,β-unsaturated/α-hetero) is 1. The highest BCUT2D eigenvalue weighted by Crippen LogP contribution is 2.11. The third kappa shape index (κ3) is 8.45. The topological polar surface area (TPSA) is 105 Å². The van der Waals surface area contributed by atoms with Gasteiger partial charge in [0.2, 0.25) is 0 Å². The molecule has 1 aromatic carbocycles. The van der Waals surface area contributed by atoms with Gasteiger partial charge < -0.3 is 20.5 Å². The number of hydrogen-bond acceptors (Lipinski definition) is 4. The Hall–Kier alpha value is -2.57. The molecule has 0 saturated heterocycles. The molecule has 0 spiro atoms. The number of urea groups is 1. The molecule has 1 rings (SSSR count). The summed E-state index contributed by atoms with van der Waals surface area (Å²) < 4.78 is 5.06. The molecule has 23 heavy (non-hydrogen) atoms. The number of hydrogen-bond donors (Lipinski definition) is 3. The van der Waals surface area contributed by atoms with E-state index in [0.717, 1.165) is 11.3 Å². The van der Waals surface area contributed by atoms with Gasteiger partial charge in [-0.3, -0.25) is 9.59 Å². The number of methoxy groups -OCH3 is 1. The summed E-state index contributed by atoms with van der Waals surface area (Å²) in [6.45, 7) is 0.360. The van der Waals surface area contributed by atoms with Crippen molar-refractivity contribution in [2.75, 3.05) is 20.2 Å². The molecule has 0 saturated carbocycles. The van der Waals surface area contributed by atoms with Gasteiger partial charge in [-0.2, -0.15) is 0 Å². The first-order valence-corrected chi connectivity index (χ1v) is 7.39. The Labute approximate surface area is 135 Å². The minimum absolute atomic E-state index is 0.0419. The van der Waals surface area contributed by atoms with Crippen molar-refractivity contribution < 1.29 is 24.2 Å². The number of ether oxygens (including phenoxy) is 1. The van der Waals surface area contributed by atoms with Gasteiger partial charge in [0.05, 0.1) is 13.7 Å². The SMILES string of the molecule is COc1ccc(CCNC(=O)NCC(=O)CCCC(=O)O)cc1. The van der Waals surface area contributed by atoms with E-state index in [1.54, 1.807) is 7.11 Å². The monoisotopic (exact) mass is 322 g/mol. The number of carboxylic acids is 1. The molecule has 0 bridgehead atoms. The predicted octanol–water partition coefficient (Wildman–Crippen LogP) is 1.36. The van der Waals surface area contributed by atoms with Gasteiger partial charge in [0.1, 0.15) is 5.75 Å².